The first-order chi connectivity index (χ1) is 33.6. The molecule has 1 unspecified atom stereocenters. The third-order valence-corrected chi connectivity index (χ3v) is 13.1. The van der Waals surface area contributed by atoms with E-state index in [0.717, 1.165) is 51.4 Å². The second kappa shape index (κ2) is 58.9. The van der Waals surface area contributed by atoms with E-state index in [1.807, 2.05) is 6.08 Å². The lowest BCUT2D eigenvalue weighted by atomic mass is 10.0. The predicted molar refractivity (Wildman–Crippen MR) is 298 cm³/mol. The molecule has 0 N–H and O–H groups in total. The number of allylic oxidation sites excluding steroid dienone is 10. The van der Waals surface area contributed by atoms with Crippen molar-refractivity contribution >= 4 is 11.9 Å². The Balaban J connectivity index is 4.25. The van der Waals surface area contributed by atoms with Crippen LogP contribution in [0.15, 0.2) is 60.8 Å². The number of ether oxygens (including phenoxy) is 3. The number of rotatable bonds is 55. The van der Waals surface area contributed by atoms with E-state index in [9.17, 15) is 9.59 Å². The number of hydrogen-bond donors (Lipinski definition) is 0. The van der Waals surface area contributed by atoms with Gasteiger partial charge in [-0.3, -0.25) is 9.59 Å². The fourth-order valence-electron chi connectivity index (χ4n) is 8.64. The van der Waals surface area contributed by atoms with Crippen molar-refractivity contribution in [2.24, 2.45) is 0 Å². The molecule has 0 heterocycles. The van der Waals surface area contributed by atoms with E-state index < -0.39 is 6.10 Å². The molecule has 0 saturated carbocycles. The molecule has 0 aromatic carbocycles. The minimum atomic E-state index is -0.574. The minimum absolute atomic E-state index is 0.0582. The molecule has 0 aromatic rings. The van der Waals surface area contributed by atoms with Gasteiger partial charge in [-0.25, -0.2) is 0 Å². The number of unbranched alkanes of at least 4 members (excludes halogenated alkanes) is 34. The number of esters is 2. The Hall–Kier alpha value is -2.40. The molecule has 0 amide bonds. The SMILES string of the molecule is CC/C=C\C/C=C\C/C=C\C/C=C\CCC(=O)OC(COCCCCCCCCCCCCCCCCCCCCCC)COC(=O)CCCCCCCCCCC/C=C\CCCCCCCC. The molecule has 0 aliphatic heterocycles. The average molecular weight is 952 g/mol. The second-order valence-electron chi connectivity index (χ2n) is 19.9. The maximum absolute atomic E-state index is 12.8. The van der Waals surface area contributed by atoms with E-state index in [1.54, 1.807) is 0 Å². The van der Waals surface area contributed by atoms with Gasteiger partial charge in [-0.15, -0.1) is 0 Å². The van der Waals surface area contributed by atoms with Crippen molar-refractivity contribution in [2.45, 2.75) is 309 Å². The first-order valence-electron chi connectivity index (χ1n) is 29.8. The van der Waals surface area contributed by atoms with E-state index >= 15 is 0 Å². The third kappa shape index (κ3) is 56.2. The van der Waals surface area contributed by atoms with Crippen LogP contribution in [0.2, 0.25) is 0 Å². The molecule has 0 aromatic heterocycles. The van der Waals surface area contributed by atoms with Crippen LogP contribution in [0.3, 0.4) is 0 Å². The van der Waals surface area contributed by atoms with E-state index in [1.165, 1.54) is 212 Å². The molecule has 0 aliphatic rings. The van der Waals surface area contributed by atoms with Crippen molar-refractivity contribution in [3.8, 4) is 0 Å². The highest BCUT2D eigenvalue weighted by molar-refractivity contribution is 5.70. The fraction of sp³-hybridized carbons (Fsp3) is 0.810. The summed E-state index contributed by atoms with van der Waals surface area (Å²) < 4.78 is 17.4. The molecule has 0 saturated heterocycles. The summed E-state index contributed by atoms with van der Waals surface area (Å²) in [6.07, 6.45) is 75.6. The van der Waals surface area contributed by atoms with Gasteiger partial charge in [0.1, 0.15) is 6.61 Å². The first-order valence-corrected chi connectivity index (χ1v) is 29.8. The molecule has 0 bridgehead atoms. The van der Waals surface area contributed by atoms with Crippen LogP contribution in [-0.4, -0.2) is 37.9 Å². The van der Waals surface area contributed by atoms with Crippen LogP contribution in [0.1, 0.15) is 303 Å². The highest BCUT2D eigenvalue weighted by Crippen LogP contribution is 2.16. The second-order valence-corrected chi connectivity index (χ2v) is 19.9. The van der Waals surface area contributed by atoms with Crippen molar-refractivity contribution in [3.63, 3.8) is 0 Å². The summed E-state index contributed by atoms with van der Waals surface area (Å²) in [6, 6.07) is 0. The molecule has 5 nitrogen and oxygen atoms in total. The molecular formula is C63H114O5. The van der Waals surface area contributed by atoms with Crippen molar-refractivity contribution in [2.75, 3.05) is 19.8 Å². The zero-order valence-electron chi connectivity index (χ0n) is 45.6. The molecule has 396 valence electrons. The van der Waals surface area contributed by atoms with Gasteiger partial charge in [-0.1, -0.05) is 281 Å². The number of carbonyl (C=O) groups is 2. The van der Waals surface area contributed by atoms with Gasteiger partial charge in [0.25, 0.3) is 0 Å². The minimum Gasteiger partial charge on any atom is -0.462 e. The monoisotopic (exact) mass is 951 g/mol. The lowest BCUT2D eigenvalue weighted by Gasteiger charge is -2.18. The smallest absolute Gasteiger partial charge is 0.306 e. The van der Waals surface area contributed by atoms with Crippen LogP contribution in [0.4, 0.5) is 0 Å². The van der Waals surface area contributed by atoms with Gasteiger partial charge in [0, 0.05) is 19.4 Å². The van der Waals surface area contributed by atoms with Crippen molar-refractivity contribution in [1.82, 2.24) is 0 Å². The molecule has 0 aliphatic carbocycles. The third-order valence-electron chi connectivity index (χ3n) is 13.1. The maximum atomic E-state index is 12.8. The largest absolute Gasteiger partial charge is 0.462 e. The molecule has 0 radical (unpaired) electrons. The van der Waals surface area contributed by atoms with E-state index in [4.69, 9.17) is 14.2 Å². The lowest BCUT2D eigenvalue weighted by Crippen LogP contribution is -2.30. The van der Waals surface area contributed by atoms with Gasteiger partial charge in [-0.05, 0) is 70.6 Å². The van der Waals surface area contributed by atoms with Gasteiger partial charge in [0.15, 0.2) is 6.10 Å². The molecule has 1 atom stereocenters. The number of hydrogen-bond acceptors (Lipinski definition) is 5. The normalized spacial score (nSPS) is 12.6. The zero-order chi connectivity index (χ0) is 49.2. The van der Waals surface area contributed by atoms with Crippen LogP contribution in [0.25, 0.3) is 0 Å². The summed E-state index contributed by atoms with van der Waals surface area (Å²) in [5.41, 5.74) is 0. The highest BCUT2D eigenvalue weighted by Gasteiger charge is 2.17. The summed E-state index contributed by atoms with van der Waals surface area (Å²) in [5, 5.41) is 0. The van der Waals surface area contributed by atoms with E-state index in [0.29, 0.717) is 25.9 Å². The standard InChI is InChI=1S/C63H114O5/c1-4-7-10-13-16-19-22-25-27-29-31-33-35-37-40-43-46-49-52-55-58-66-59-61(68-63(65)57-54-51-48-45-42-38-24-21-18-15-12-9-6-3)60-67-62(64)56-53-50-47-44-41-39-36-34-32-30-28-26-23-20-17-14-11-8-5-2/h9,12,18,21,26,28,38,42,48,51,61H,4-8,10-11,13-17,19-20,22-25,27,29-37,39-41,43-47,49-50,52-60H2,1-3H3/b12-9-,21-18-,28-26-,42-38-,51-48-. The summed E-state index contributed by atoms with van der Waals surface area (Å²) in [5.74, 6) is -0.479. The first kappa shape index (κ1) is 65.6. The number of carbonyl (C=O) groups excluding carboxylic acids is 2. The average Bonchev–Trinajstić information content (AvgIpc) is 3.34. The summed E-state index contributed by atoms with van der Waals surface area (Å²) in [7, 11) is 0. The molecule has 5 heteroatoms. The van der Waals surface area contributed by atoms with Crippen molar-refractivity contribution < 1.29 is 23.8 Å². The van der Waals surface area contributed by atoms with Gasteiger partial charge < -0.3 is 14.2 Å². The van der Waals surface area contributed by atoms with Gasteiger partial charge >= 0.3 is 11.9 Å². The van der Waals surface area contributed by atoms with Crippen LogP contribution < -0.4 is 0 Å². The van der Waals surface area contributed by atoms with Crippen molar-refractivity contribution in [3.05, 3.63) is 60.8 Å². The Kier molecular flexibility index (Phi) is 56.8. The Morgan fingerprint density at radius 1 is 0.338 bits per heavy atom. The van der Waals surface area contributed by atoms with Crippen LogP contribution in [-0.2, 0) is 23.8 Å². The van der Waals surface area contributed by atoms with Crippen LogP contribution in [0, 0.1) is 0 Å². The van der Waals surface area contributed by atoms with Gasteiger partial charge in [0.2, 0.25) is 0 Å². The summed E-state index contributed by atoms with van der Waals surface area (Å²) in [4.78, 5) is 25.5. The van der Waals surface area contributed by atoms with Gasteiger partial charge in [0.05, 0.1) is 6.61 Å². The molecular weight excluding hydrogens is 837 g/mol. The van der Waals surface area contributed by atoms with E-state index in [2.05, 4.69) is 75.5 Å². The topological polar surface area (TPSA) is 61.8 Å². The molecule has 0 fully saturated rings. The van der Waals surface area contributed by atoms with Gasteiger partial charge in [-0.2, -0.15) is 0 Å². The summed E-state index contributed by atoms with van der Waals surface area (Å²) >= 11 is 0. The molecule has 0 spiro atoms. The van der Waals surface area contributed by atoms with Crippen LogP contribution >= 0.6 is 0 Å². The zero-order valence-corrected chi connectivity index (χ0v) is 45.6. The maximum Gasteiger partial charge on any atom is 0.306 e. The fourth-order valence-corrected chi connectivity index (χ4v) is 8.64. The summed E-state index contributed by atoms with van der Waals surface area (Å²) in [6.45, 7) is 7.68. The molecule has 68 heavy (non-hydrogen) atoms. The lowest BCUT2D eigenvalue weighted by molar-refractivity contribution is -0.162. The Morgan fingerprint density at radius 2 is 0.691 bits per heavy atom. The Bertz CT molecular complexity index is 1170. The Morgan fingerprint density at radius 3 is 1.12 bits per heavy atom. The van der Waals surface area contributed by atoms with E-state index in [-0.39, 0.29) is 25.2 Å². The predicted octanol–water partition coefficient (Wildman–Crippen LogP) is 20.5. The van der Waals surface area contributed by atoms with Crippen molar-refractivity contribution in [1.29, 1.82) is 0 Å². The van der Waals surface area contributed by atoms with Crippen LogP contribution in [0.5, 0.6) is 0 Å². The molecule has 0 rings (SSSR count). The quantitative estimate of drug-likeness (QED) is 0.0345. The Labute approximate surface area is 424 Å². The highest BCUT2D eigenvalue weighted by atomic mass is 16.6.